The van der Waals surface area contributed by atoms with Crippen LogP contribution in [0.4, 0.5) is 4.79 Å². The van der Waals surface area contributed by atoms with E-state index >= 15 is 0 Å². The Balaban J connectivity index is 2.83. The molecule has 18 heavy (non-hydrogen) atoms. The van der Waals surface area contributed by atoms with E-state index in [0.717, 1.165) is 7.11 Å². The van der Waals surface area contributed by atoms with Gasteiger partial charge in [-0.25, -0.2) is 8.98 Å². The van der Waals surface area contributed by atoms with E-state index in [1.165, 1.54) is 43.3 Å². The van der Waals surface area contributed by atoms with Gasteiger partial charge in [0.2, 0.25) is 0 Å². The van der Waals surface area contributed by atoms with Gasteiger partial charge in [0.05, 0.1) is 7.11 Å². The van der Waals surface area contributed by atoms with Gasteiger partial charge >= 0.3 is 16.5 Å². The minimum Gasteiger partial charge on any atom is -0.410 e. The molecule has 0 N–H and O–H groups in total. The van der Waals surface area contributed by atoms with Crippen LogP contribution < -0.4 is 8.92 Å². The number of amides is 1. The molecule has 1 aromatic rings. The first-order chi connectivity index (χ1) is 8.34. The third-order valence-electron chi connectivity index (χ3n) is 1.78. The van der Waals surface area contributed by atoms with Crippen LogP contribution in [0.5, 0.6) is 11.5 Å². The smallest absolute Gasteiger partial charge is 0.410 e. The lowest BCUT2D eigenvalue weighted by Crippen LogP contribution is -2.25. The van der Waals surface area contributed by atoms with Crippen LogP contribution in [0.25, 0.3) is 0 Å². The molecular formula is C10H13NO6S. The quantitative estimate of drug-likeness (QED) is 0.815. The van der Waals surface area contributed by atoms with Gasteiger partial charge in [-0.2, -0.15) is 8.42 Å². The zero-order valence-electron chi connectivity index (χ0n) is 10.1. The van der Waals surface area contributed by atoms with Crippen LogP contribution >= 0.6 is 0 Å². The molecule has 0 heterocycles. The van der Waals surface area contributed by atoms with Crippen molar-refractivity contribution in [1.29, 1.82) is 0 Å². The van der Waals surface area contributed by atoms with Crippen molar-refractivity contribution in [2.45, 2.75) is 0 Å². The number of hydrogen-bond acceptors (Lipinski definition) is 6. The van der Waals surface area contributed by atoms with Crippen LogP contribution in [0.3, 0.4) is 0 Å². The molecule has 0 aromatic heterocycles. The number of benzene rings is 1. The summed E-state index contributed by atoms with van der Waals surface area (Å²) in [5.41, 5.74) is 0. The summed E-state index contributed by atoms with van der Waals surface area (Å²) in [7, 11) is -0.0559. The van der Waals surface area contributed by atoms with E-state index in [1.807, 2.05) is 0 Å². The first-order valence-electron chi connectivity index (χ1n) is 4.83. The molecule has 0 aliphatic carbocycles. The Bertz CT molecular complexity index is 525. The summed E-state index contributed by atoms with van der Waals surface area (Å²) >= 11 is 0. The summed E-state index contributed by atoms with van der Waals surface area (Å²) in [5, 5.41) is 0. The average Bonchev–Trinajstić information content (AvgIpc) is 2.28. The molecule has 0 bridgehead atoms. The number of nitrogens with zero attached hydrogens (tertiary/aromatic N) is 1. The van der Waals surface area contributed by atoms with Crippen LogP contribution in [0.1, 0.15) is 0 Å². The highest BCUT2D eigenvalue weighted by atomic mass is 32.3. The second-order valence-electron chi connectivity index (χ2n) is 3.40. The van der Waals surface area contributed by atoms with Crippen molar-refractivity contribution in [2.24, 2.45) is 0 Å². The van der Waals surface area contributed by atoms with Crippen LogP contribution in [0, 0.1) is 0 Å². The second-order valence-corrected chi connectivity index (χ2v) is 4.71. The lowest BCUT2D eigenvalue weighted by Gasteiger charge is -2.11. The van der Waals surface area contributed by atoms with E-state index in [-0.39, 0.29) is 11.5 Å². The summed E-state index contributed by atoms with van der Waals surface area (Å²) in [6, 6.07) is 5.63. The molecule has 0 aliphatic heterocycles. The highest BCUT2D eigenvalue weighted by Gasteiger charge is 2.12. The van der Waals surface area contributed by atoms with Gasteiger partial charge in [-0.3, -0.25) is 0 Å². The van der Waals surface area contributed by atoms with Gasteiger partial charge in [0.1, 0.15) is 11.5 Å². The van der Waals surface area contributed by atoms with E-state index < -0.39 is 16.5 Å². The lowest BCUT2D eigenvalue weighted by molar-refractivity contribution is 0.172. The average molecular weight is 275 g/mol. The predicted molar refractivity (Wildman–Crippen MR) is 62.7 cm³/mol. The highest BCUT2D eigenvalue weighted by Crippen LogP contribution is 2.21. The standard InChI is InChI=1S/C10H13NO6S/c1-11(2)10(12)16-8-5-4-6-9(7-8)17-18(13,14)15-3/h4-7H,1-3H3. The molecule has 1 rings (SSSR count). The Kier molecular flexibility index (Phi) is 4.51. The summed E-state index contributed by atoms with van der Waals surface area (Å²) in [4.78, 5) is 12.5. The molecule has 0 saturated carbocycles. The fraction of sp³-hybridized carbons (Fsp3) is 0.300. The lowest BCUT2D eigenvalue weighted by atomic mass is 10.3. The van der Waals surface area contributed by atoms with Gasteiger partial charge in [-0.1, -0.05) is 6.07 Å². The van der Waals surface area contributed by atoms with Crippen LogP contribution in [-0.2, 0) is 14.6 Å². The Morgan fingerprint density at radius 1 is 1.22 bits per heavy atom. The molecule has 0 saturated heterocycles. The molecule has 1 amide bonds. The molecular weight excluding hydrogens is 262 g/mol. The number of carbonyl (C=O) groups is 1. The summed E-state index contributed by atoms with van der Waals surface area (Å²) in [5.74, 6) is 0.151. The first kappa shape index (κ1) is 14.3. The molecule has 7 nitrogen and oxygen atoms in total. The highest BCUT2D eigenvalue weighted by molar-refractivity contribution is 7.82. The van der Waals surface area contributed by atoms with Crippen molar-refractivity contribution in [3.05, 3.63) is 24.3 Å². The van der Waals surface area contributed by atoms with Crippen molar-refractivity contribution >= 4 is 16.5 Å². The monoisotopic (exact) mass is 275 g/mol. The molecule has 8 heteroatoms. The van der Waals surface area contributed by atoms with Gasteiger partial charge in [-0.15, -0.1) is 0 Å². The van der Waals surface area contributed by atoms with Crippen molar-refractivity contribution in [3.63, 3.8) is 0 Å². The first-order valence-corrected chi connectivity index (χ1v) is 6.16. The van der Waals surface area contributed by atoms with E-state index in [4.69, 9.17) is 4.74 Å². The van der Waals surface area contributed by atoms with Crippen molar-refractivity contribution in [1.82, 2.24) is 4.90 Å². The molecule has 0 atom stereocenters. The van der Waals surface area contributed by atoms with Crippen LogP contribution in [-0.4, -0.2) is 40.6 Å². The maximum Gasteiger partial charge on any atom is 0.448 e. The van der Waals surface area contributed by atoms with Crippen molar-refractivity contribution in [2.75, 3.05) is 21.2 Å². The summed E-state index contributed by atoms with van der Waals surface area (Å²) in [6.07, 6.45) is -0.582. The Morgan fingerprint density at radius 3 is 2.39 bits per heavy atom. The van der Waals surface area contributed by atoms with Gasteiger partial charge in [0.15, 0.2) is 0 Å². The van der Waals surface area contributed by atoms with Crippen molar-refractivity contribution in [3.8, 4) is 11.5 Å². The topological polar surface area (TPSA) is 82.1 Å². The largest absolute Gasteiger partial charge is 0.448 e. The van der Waals surface area contributed by atoms with Gasteiger partial charge in [0.25, 0.3) is 0 Å². The molecule has 100 valence electrons. The second kappa shape index (κ2) is 5.69. The van der Waals surface area contributed by atoms with Crippen molar-refractivity contribution < 1.29 is 26.3 Å². The zero-order valence-corrected chi connectivity index (χ0v) is 10.9. The third-order valence-corrected chi connectivity index (χ3v) is 2.58. The molecule has 0 radical (unpaired) electrons. The predicted octanol–water partition coefficient (Wildman–Crippen LogP) is 1.02. The minimum atomic E-state index is -4.09. The number of hydrogen-bond donors (Lipinski definition) is 0. The molecule has 0 unspecified atom stereocenters. The Hall–Kier alpha value is -1.80. The number of carbonyl (C=O) groups excluding carboxylic acids is 1. The minimum absolute atomic E-state index is 0.0130. The van der Waals surface area contributed by atoms with Gasteiger partial charge in [-0.05, 0) is 12.1 Å². The molecule has 0 spiro atoms. The Labute approximate surface area is 105 Å². The normalized spacial score (nSPS) is 10.8. The maximum atomic E-state index is 11.3. The Morgan fingerprint density at radius 2 is 1.83 bits per heavy atom. The van der Waals surface area contributed by atoms with Crippen LogP contribution in [0.2, 0.25) is 0 Å². The third kappa shape index (κ3) is 4.22. The molecule has 0 aliphatic rings. The number of ether oxygens (including phenoxy) is 1. The van der Waals surface area contributed by atoms with E-state index in [1.54, 1.807) is 0 Å². The van der Waals surface area contributed by atoms with E-state index in [2.05, 4.69) is 8.37 Å². The van der Waals surface area contributed by atoms with E-state index in [0.29, 0.717) is 0 Å². The summed E-state index contributed by atoms with van der Waals surface area (Å²) < 4.78 is 35.7. The van der Waals surface area contributed by atoms with Gasteiger partial charge < -0.3 is 13.8 Å². The zero-order chi connectivity index (χ0) is 13.8. The molecule has 1 aromatic carbocycles. The molecule has 0 fully saturated rings. The van der Waals surface area contributed by atoms with Gasteiger partial charge in [0, 0.05) is 20.2 Å². The fourth-order valence-corrected chi connectivity index (χ4v) is 1.34. The fourth-order valence-electron chi connectivity index (χ4n) is 0.934. The van der Waals surface area contributed by atoms with E-state index in [9.17, 15) is 13.2 Å². The SMILES string of the molecule is COS(=O)(=O)Oc1cccc(OC(=O)N(C)C)c1. The summed E-state index contributed by atoms with van der Waals surface area (Å²) in [6.45, 7) is 0. The number of rotatable bonds is 4. The maximum absolute atomic E-state index is 11.3. The van der Waals surface area contributed by atoms with Crippen LogP contribution in [0.15, 0.2) is 24.3 Å².